The zero-order chi connectivity index (χ0) is 21.6. The Morgan fingerprint density at radius 3 is 2.31 bits per heavy atom. The molecule has 0 fully saturated rings. The van der Waals surface area contributed by atoms with Gasteiger partial charge in [0, 0.05) is 17.9 Å². The quantitative estimate of drug-likeness (QED) is 0.580. The summed E-state index contributed by atoms with van der Waals surface area (Å²) in [6.45, 7) is 1.04. The number of hydrogen-bond acceptors (Lipinski definition) is 5. The van der Waals surface area contributed by atoms with Crippen molar-refractivity contribution in [2.45, 2.75) is 18.0 Å². The first-order valence-electron chi connectivity index (χ1n) is 7.64. The van der Waals surface area contributed by atoms with Crippen LogP contribution in [0, 0.1) is 0 Å². The third kappa shape index (κ3) is 4.42. The minimum atomic E-state index is -4.72. The number of hydrogen-bond donors (Lipinski definition) is 1. The van der Waals surface area contributed by atoms with E-state index in [0.717, 1.165) is 41.1 Å². The number of carbonyl (C=O) groups is 1. The van der Waals surface area contributed by atoms with Gasteiger partial charge in [-0.3, -0.25) is 4.79 Å². The third-order valence-corrected chi connectivity index (χ3v) is 6.72. The van der Waals surface area contributed by atoms with Gasteiger partial charge in [0.2, 0.25) is 5.91 Å². The van der Waals surface area contributed by atoms with E-state index < -0.39 is 27.8 Å². The largest absolute Gasteiger partial charge is 0.435 e. The van der Waals surface area contributed by atoms with Crippen LogP contribution in [0.1, 0.15) is 12.6 Å². The van der Waals surface area contributed by atoms with E-state index in [1.807, 2.05) is 0 Å². The van der Waals surface area contributed by atoms with Crippen molar-refractivity contribution < 1.29 is 26.4 Å². The number of nitrogens with zero attached hydrogens (tertiary/aromatic N) is 2. The number of sulfonamides is 1. The first kappa shape index (κ1) is 21.6. The fourth-order valence-electron chi connectivity index (χ4n) is 2.45. The second-order valence-corrected chi connectivity index (χ2v) is 9.28. The average Bonchev–Trinajstić information content (AvgIpc) is 3.17. The van der Waals surface area contributed by atoms with E-state index in [2.05, 4.69) is 5.10 Å². The lowest BCUT2D eigenvalue weighted by Gasteiger charge is -2.09. The number of aromatic nitrogens is 2. The molecule has 1 aromatic carbocycles. The number of thiophene rings is 1. The monoisotopic (exact) mass is 483 g/mol. The van der Waals surface area contributed by atoms with Crippen molar-refractivity contribution in [3.05, 3.63) is 50.8 Å². The Kier molecular flexibility index (Phi) is 5.69. The van der Waals surface area contributed by atoms with Crippen LogP contribution in [0.5, 0.6) is 0 Å². The lowest BCUT2D eigenvalue weighted by molar-refractivity contribution is -0.141. The Morgan fingerprint density at radius 2 is 1.83 bits per heavy atom. The summed E-state index contributed by atoms with van der Waals surface area (Å²) < 4.78 is 66.7. The van der Waals surface area contributed by atoms with Crippen molar-refractivity contribution in [1.82, 2.24) is 14.5 Å². The van der Waals surface area contributed by atoms with E-state index in [4.69, 9.17) is 23.2 Å². The molecule has 3 aromatic rings. The summed E-state index contributed by atoms with van der Waals surface area (Å²) in [5.41, 5.74) is -0.862. The van der Waals surface area contributed by atoms with E-state index in [-0.39, 0.29) is 31.2 Å². The zero-order valence-corrected chi connectivity index (χ0v) is 17.4. The van der Waals surface area contributed by atoms with Gasteiger partial charge in [0.15, 0.2) is 5.69 Å². The standard InChI is InChI=1S/C16H10Cl2F3N3O3S2/c1-8(25)23-29(26,27)10-4-2-9(3-5-10)24-12(6-13(22-24)16(19,20)21)14-11(17)7-28-15(14)18/h2-7H,1H3,(H,23,25). The molecule has 0 unspecified atom stereocenters. The van der Waals surface area contributed by atoms with Crippen LogP contribution in [0.25, 0.3) is 16.9 Å². The summed E-state index contributed by atoms with van der Waals surface area (Å²) in [4.78, 5) is 10.8. The summed E-state index contributed by atoms with van der Waals surface area (Å²) in [5, 5.41) is 5.22. The lowest BCUT2D eigenvalue weighted by Crippen LogP contribution is -2.28. The molecule has 0 aliphatic rings. The molecule has 0 saturated heterocycles. The summed E-state index contributed by atoms with van der Waals surface area (Å²) in [7, 11) is -4.09. The molecule has 0 saturated carbocycles. The van der Waals surface area contributed by atoms with Crippen LogP contribution in [0.15, 0.2) is 40.6 Å². The molecule has 154 valence electrons. The highest BCUT2D eigenvalue weighted by Crippen LogP contribution is 2.42. The van der Waals surface area contributed by atoms with E-state index in [1.54, 1.807) is 4.72 Å². The average molecular weight is 484 g/mol. The van der Waals surface area contributed by atoms with Crippen molar-refractivity contribution >= 4 is 50.5 Å². The first-order valence-corrected chi connectivity index (χ1v) is 10.8. The molecule has 2 aromatic heterocycles. The number of benzene rings is 1. The van der Waals surface area contributed by atoms with Gasteiger partial charge < -0.3 is 0 Å². The van der Waals surface area contributed by atoms with Crippen molar-refractivity contribution in [3.8, 4) is 16.9 Å². The van der Waals surface area contributed by atoms with E-state index >= 15 is 0 Å². The van der Waals surface area contributed by atoms with Gasteiger partial charge in [-0.05, 0) is 30.3 Å². The number of alkyl halides is 3. The maximum Gasteiger partial charge on any atom is 0.435 e. The van der Waals surface area contributed by atoms with Gasteiger partial charge in [-0.25, -0.2) is 17.8 Å². The molecular formula is C16H10Cl2F3N3O3S2. The highest BCUT2D eigenvalue weighted by Gasteiger charge is 2.36. The summed E-state index contributed by atoms with van der Waals surface area (Å²) in [6, 6.07) is 5.58. The molecule has 0 bridgehead atoms. The van der Waals surface area contributed by atoms with Gasteiger partial charge in [-0.1, -0.05) is 23.2 Å². The summed E-state index contributed by atoms with van der Waals surface area (Å²) in [6.07, 6.45) is -4.72. The normalized spacial score (nSPS) is 12.2. The number of rotatable bonds is 4. The Balaban J connectivity index is 2.13. The topological polar surface area (TPSA) is 81.1 Å². The van der Waals surface area contributed by atoms with E-state index in [1.165, 1.54) is 17.5 Å². The molecular weight excluding hydrogens is 474 g/mol. The predicted octanol–water partition coefficient (Wildman–Crippen LogP) is 4.75. The molecule has 2 heterocycles. The van der Waals surface area contributed by atoms with Gasteiger partial charge >= 0.3 is 6.18 Å². The van der Waals surface area contributed by atoms with Gasteiger partial charge in [0.25, 0.3) is 10.0 Å². The van der Waals surface area contributed by atoms with Crippen LogP contribution in [0.2, 0.25) is 9.36 Å². The Bertz CT molecular complexity index is 1170. The van der Waals surface area contributed by atoms with Gasteiger partial charge in [0.05, 0.1) is 21.3 Å². The molecule has 0 atom stereocenters. The summed E-state index contributed by atoms with van der Waals surface area (Å²) in [5.74, 6) is -0.778. The van der Waals surface area contributed by atoms with Crippen LogP contribution >= 0.6 is 34.5 Å². The summed E-state index contributed by atoms with van der Waals surface area (Å²) >= 11 is 13.2. The molecule has 1 amide bonds. The highest BCUT2D eigenvalue weighted by molar-refractivity contribution is 7.90. The van der Waals surface area contributed by atoms with Crippen molar-refractivity contribution in [3.63, 3.8) is 0 Å². The van der Waals surface area contributed by atoms with Crippen molar-refractivity contribution in [2.24, 2.45) is 0 Å². The van der Waals surface area contributed by atoms with Crippen molar-refractivity contribution in [2.75, 3.05) is 0 Å². The number of amides is 1. The van der Waals surface area contributed by atoms with Crippen LogP contribution < -0.4 is 4.72 Å². The molecule has 0 spiro atoms. The first-order chi connectivity index (χ1) is 13.4. The minimum Gasteiger partial charge on any atom is -0.274 e. The van der Waals surface area contributed by atoms with Gasteiger partial charge in [-0.15, -0.1) is 11.3 Å². The second kappa shape index (κ2) is 7.63. The number of carbonyl (C=O) groups excluding carboxylic acids is 1. The zero-order valence-electron chi connectivity index (χ0n) is 14.3. The SMILES string of the molecule is CC(=O)NS(=O)(=O)c1ccc(-n2nc(C(F)(F)F)cc2-c2c(Cl)csc2Cl)cc1. The molecule has 1 N–H and O–H groups in total. The maximum absolute atomic E-state index is 13.2. The molecule has 13 heteroatoms. The van der Waals surface area contributed by atoms with Crippen molar-refractivity contribution in [1.29, 1.82) is 0 Å². The van der Waals surface area contributed by atoms with Crippen LogP contribution in [-0.4, -0.2) is 24.1 Å². The molecule has 29 heavy (non-hydrogen) atoms. The fourth-order valence-corrected chi connectivity index (χ4v) is 4.86. The smallest absolute Gasteiger partial charge is 0.274 e. The van der Waals surface area contributed by atoms with E-state index in [0.29, 0.717) is 0 Å². The third-order valence-electron chi connectivity index (χ3n) is 3.63. The molecule has 0 aliphatic carbocycles. The predicted molar refractivity (Wildman–Crippen MR) is 103 cm³/mol. The van der Waals surface area contributed by atoms with Crippen LogP contribution in [-0.2, 0) is 21.0 Å². The van der Waals surface area contributed by atoms with Crippen LogP contribution in [0.3, 0.4) is 0 Å². The Hall–Kier alpha value is -2.08. The molecule has 6 nitrogen and oxygen atoms in total. The Morgan fingerprint density at radius 1 is 1.21 bits per heavy atom. The molecule has 0 aliphatic heterocycles. The molecule has 0 radical (unpaired) electrons. The van der Waals surface area contributed by atoms with E-state index in [9.17, 15) is 26.4 Å². The second-order valence-electron chi connectivity index (χ2n) is 5.71. The minimum absolute atomic E-state index is 0.00829. The fraction of sp³-hybridized carbons (Fsp3) is 0.125. The Labute approximate surface area is 176 Å². The number of halogens is 5. The van der Waals surface area contributed by atoms with Crippen LogP contribution in [0.4, 0.5) is 13.2 Å². The number of nitrogens with one attached hydrogen (secondary N) is 1. The van der Waals surface area contributed by atoms with Gasteiger partial charge in [0.1, 0.15) is 4.34 Å². The highest BCUT2D eigenvalue weighted by atomic mass is 35.5. The maximum atomic E-state index is 13.2. The lowest BCUT2D eigenvalue weighted by atomic mass is 10.2. The molecule has 3 rings (SSSR count). The van der Waals surface area contributed by atoms with Gasteiger partial charge in [-0.2, -0.15) is 18.3 Å².